The molecule has 0 spiro atoms. The van der Waals surface area contributed by atoms with Gasteiger partial charge in [0, 0.05) is 12.1 Å². The third-order valence-electron chi connectivity index (χ3n) is 6.15. The Morgan fingerprint density at radius 2 is 1.72 bits per heavy atom. The highest BCUT2D eigenvalue weighted by molar-refractivity contribution is 4.97. The summed E-state index contributed by atoms with van der Waals surface area (Å²) in [7, 11) is 0. The molecule has 2 saturated heterocycles. The molecule has 0 saturated carbocycles. The maximum Gasteiger partial charge on any atom is 0.0989 e. The van der Waals surface area contributed by atoms with Crippen molar-refractivity contribution in [2.24, 2.45) is 5.92 Å². The fraction of sp³-hybridized carbons (Fsp3) is 1.00. The van der Waals surface area contributed by atoms with Gasteiger partial charge in [-0.25, -0.2) is 0 Å². The van der Waals surface area contributed by atoms with Gasteiger partial charge >= 0.3 is 0 Å². The molecule has 0 amide bonds. The van der Waals surface area contributed by atoms with E-state index < -0.39 is 18.2 Å². The van der Waals surface area contributed by atoms with Crippen molar-refractivity contribution in [1.29, 1.82) is 0 Å². The van der Waals surface area contributed by atoms with Crippen LogP contribution in [0.2, 0.25) is 0 Å². The summed E-state index contributed by atoms with van der Waals surface area (Å²) in [5.41, 5.74) is 0. The third kappa shape index (κ3) is 6.15. The van der Waals surface area contributed by atoms with E-state index >= 15 is 0 Å². The van der Waals surface area contributed by atoms with Crippen LogP contribution in [0.15, 0.2) is 0 Å². The molecule has 2 heterocycles. The van der Waals surface area contributed by atoms with Crippen molar-refractivity contribution in [3.8, 4) is 0 Å². The molecule has 2 aliphatic rings. The van der Waals surface area contributed by atoms with Gasteiger partial charge in [-0.1, -0.05) is 39.0 Å². The fourth-order valence-corrected chi connectivity index (χ4v) is 4.29. The van der Waals surface area contributed by atoms with E-state index in [1.54, 1.807) is 0 Å². The van der Waals surface area contributed by atoms with E-state index in [1.165, 1.54) is 19.3 Å². The largest absolute Gasteiger partial charge is 0.395 e. The molecule has 6 heteroatoms. The summed E-state index contributed by atoms with van der Waals surface area (Å²) in [4.78, 5) is 0. The SMILES string of the molecule is C[C@H]([C@@H](O)CCCCCC[C@@H]1N[C@@H](CO)[C@@H](O)[C@H]1O)[C@H]1CCCCN1. The first-order valence-electron chi connectivity index (χ1n) is 10.2. The van der Waals surface area contributed by atoms with Crippen molar-refractivity contribution in [2.45, 2.75) is 101 Å². The van der Waals surface area contributed by atoms with Crippen LogP contribution in [0.5, 0.6) is 0 Å². The van der Waals surface area contributed by atoms with E-state index in [0.717, 1.165) is 45.1 Å². The van der Waals surface area contributed by atoms with Crippen molar-refractivity contribution in [2.75, 3.05) is 13.2 Å². The van der Waals surface area contributed by atoms with Crippen LogP contribution in [0, 0.1) is 5.92 Å². The standard InChI is InChI=1S/C19H38N2O4/c1-13(14-8-6-7-11-20-14)17(23)10-5-3-2-4-9-15-18(24)19(25)16(12-22)21-15/h13-25H,2-12H2,1H3/t13-,14+,15-,16-,17-,18-,19+/m0/s1. The molecule has 6 nitrogen and oxygen atoms in total. The average molecular weight is 359 g/mol. The number of aliphatic hydroxyl groups is 4. The molecule has 0 aromatic rings. The molecule has 0 unspecified atom stereocenters. The van der Waals surface area contributed by atoms with Crippen LogP contribution in [0.4, 0.5) is 0 Å². The second-order valence-corrected chi connectivity index (χ2v) is 8.02. The van der Waals surface area contributed by atoms with Crippen molar-refractivity contribution in [1.82, 2.24) is 10.6 Å². The zero-order valence-electron chi connectivity index (χ0n) is 15.6. The van der Waals surface area contributed by atoms with E-state index in [9.17, 15) is 15.3 Å². The fourth-order valence-electron chi connectivity index (χ4n) is 4.29. The van der Waals surface area contributed by atoms with Gasteiger partial charge in [0.25, 0.3) is 0 Å². The molecule has 25 heavy (non-hydrogen) atoms. The molecule has 0 radical (unpaired) electrons. The van der Waals surface area contributed by atoms with Crippen LogP contribution in [-0.4, -0.2) is 70.0 Å². The van der Waals surface area contributed by atoms with Crippen LogP contribution in [-0.2, 0) is 0 Å². The van der Waals surface area contributed by atoms with Crippen LogP contribution in [0.1, 0.15) is 64.7 Å². The minimum absolute atomic E-state index is 0.130. The molecule has 0 aromatic carbocycles. The van der Waals surface area contributed by atoms with E-state index in [2.05, 4.69) is 17.6 Å². The molecule has 6 N–H and O–H groups in total. The van der Waals surface area contributed by atoms with E-state index in [4.69, 9.17) is 5.11 Å². The monoisotopic (exact) mass is 358 g/mol. The molecule has 0 aliphatic carbocycles. The summed E-state index contributed by atoms with van der Waals surface area (Å²) >= 11 is 0. The molecule has 2 aliphatic heterocycles. The minimum Gasteiger partial charge on any atom is -0.395 e. The molecule has 2 rings (SSSR count). The maximum absolute atomic E-state index is 10.4. The first kappa shape index (κ1) is 21.1. The quantitative estimate of drug-likeness (QED) is 0.318. The van der Waals surface area contributed by atoms with Gasteiger partial charge in [-0.3, -0.25) is 0 Å². The highest BCUT2D eigenvalue weighted by atomic mass is 16.3. The molecule has 7 atom stereocenters. The number of hydrogen-bond acceptors (Lipinski definition) is 6. The zero-order chi connectivity index (χ0) is 18.2. The number of unbranched alkanes of at least 4 members (excludes halogenated alkanes) is 3. The van der Waals surface area contributed by atoms with Crippen molar-refractivity contribution in [3.63, 3.8) is 0 Å². The molecule has 0 bridgehead atoms. The zero-order valence-corrected chi connectivity index (χ0v) is 15.6. The van der Waals surface area contributed by atoms with Gasteiger partial charge in [0.1, 0.15) is 0 Å². The summed E-state index contributed by atoms with van der Waals surface area (Å²) in [6, 6.07) is -0.0789. The predicted octanol–water partition coefficient (Wildman–Crippen LogP) is 0.521. The number of nitrogens with one attached hydrogen (secondary N) is 2. The predicted molar refractivity (Wildman–Crippen MR) is 98.3 cm³/mol. The van der Waals surface area contributed by atoms with Gasteiger partial charge in [0.05, 0.1) is 31.0 Å². The normalized spacial score (nSPS) is 35.6. The Morgan fingerprint density at radius 3 is 2.36 bits per heavy atom. The average Bonchev–Trinajstić information content (AvgIpc) is 2.92. The minimum atomic E-state index is -0.875. The first-order valence-corrected chi connectivity index (χ1v) is 10.2. The van der Waals surface area contributed by atoms with Gasteiger partial charge in [-0.05, 0) is 38.1 Å². The maximum atomic E-state index is 10.4. The summed E-state index contributed by atoms with van der Waals surface area (Å²) in [6.45, 7) is 3.08. The Kier molecular flexibility index (Phi) is 9.10. The van der Waals surface area contributed by atoms with Crippen LogP contribution < -0.4 is 10.6 Å². The lowest BCUT2D eigenvalue weighted by Crippen LogP contribution is -2.43. The Balaban J connectivity index is 1.53. The van der Waals surface area contributed by atoms with E-state index in [0.29, 0.717) is 12.0 Å². The van der Waals surface area contributed by atoms with Crippen molar-refractivity contribution >= 4 is 0 Å². The lowest BCUT2D eigenvalue weighted by atomic mass is 9.87. The lowest BCUT2D eigenvalue weighted by molar-refractivity contribution is 0.0185. The summed E-state index contributed by atoms with van der Waals surface area (Å²) in [6.07, 6.45) is 7.61. The number of rotatable bonds is 10. The van der Waals surface area contributed by atoms with Gasteiger partial charge < -0.3 is 31.1 Å². The Morgan fingerprint density at radius 1 is 1.00 bits per heavy atom. The molecular formula is C19H38N2O4. The van der Waals surface area contributed by atoms with Crippen molar-refractivity contribution in [3.05, 3.63) is 0 Å². The summed E-state index contributed by atoms with van der Waals surface area (Å²) in [5, 5.41) is 45.9. The molecule has 2 fully saturated rings. The third-order valence-corrected chi connectivity index (χ3v) is 6.15. The second-order valence-electron chi connectivity index (χ2n) is 8.02. The van der Waals surface area contributed by atoms with Crippen LogP contribution in [0.25, 0.3) is 0 Å². The molecular weight excluding hydrogens is 320 g/mol. The first-order chi connectivity index (χ1) is 12.0. The van der Waals surface area contributed by atoms with Gasteiger partial charge in [0.15, 0.2) is 0 Å². The topological polar surface area (TPSA) is 105 Å². The Bertz CT molecular complexity index is 365. The number of hydrogen-bond donors (Lipinski definition) is 6. The van der Waals surface area contributed by atoms with Crippen molar-refractivity contribution < 1.29 is 20.4 Å². The molecule has 0 aromatic heterocycles. The Labute approximate surface area is 152 Å². The van der Waals surface area contributed by atoms with Gasteiger partial charge in [-0.15, -0.1) is 0 Å². The highest BCUT2D eigenvalue weighted by Gasteiger charge is 2.39. The van der Waals surface area contributed by atoms with E-state index in [1.807, 2.05) is 0 Å². The number of piperidine rings is 1. The summed E-state index contributed by atoms with van der Waals surface area (Å²) in [5.74, 6) is 0.315. The second kappa shape index (κ2) is 10.8. The van der Waals surface area contributed by atoms with Crippen LogP contribution in [0.3, 0.4) is 0 Å². The smallest absolute Gasteiger partial charge is 0.0989 e. The van der Waals surface area contributed by atoms with Gasteiger partial charge in [-0.2, -0.15) is 0 Å². The summed E-state index contributed by atoms with van der Waals surface area (Å²) < 4.78 is 0. The lowest BCUT2D eigenvalue weighted by Gasteiger charge is -2.32. The highest BCUT2D eigenvalue weighted by Crippen LogP contribution is 2.22. The Hall–Kier alpha value is -0.240. The molecule has 148 valence electrons. The van der Waals surface area contributed by atoms with Crippen LogP contribution >= 0.6 is 0 Å². The number of aliphatic hydroxyl groups excluding tert-OH is 4. The van der Waals surface area contributed by atoms with Gasteiger partial charge in [0.2, 0.25) is 0 Å². The van der Waals surface area contributed by atoms with E-state index in [-0.39, 0.29) is 18.8 Å².